The van der Waals surface area contributed by atoms with E-state index in [4.69, 9.17) is 5.73 Å². The molecule has 16 heavy (non-hydrogen) atoms. The maximum Gasteiger partial charge on any atom is 0.222 e. The number of aromatic nitrogens is 2. The third-order valence-electron chi connectivity index (χ3n) is 2.72. The van der Waals surface area contributed by atoms with E-state index >= 15 is 0 Å². The molecule has 3 N–H and O–H groups in total. The summed E-state index contributed by atoms with van der Waals surface area (Å²) < 4.78 is 0. The van der Waals surface area contributed by atoms with Crippen molar-refractivity contribution in [3.8, 4) is 0 Å². The average Bonchev–Trinajstić information content (AvgIpc) is 2.15. The molecule has 1 rings (SSSR count). The van der Waals surface area contributed by atoms with E-state index in [-0.39, 0.29) is 0 Å². The van der Waals surface area contributed by atoms with Crippen molar-refractivity contribution in [2.45, 2.75) is 46.6 Å². The normalized spacial score (nSPS) is 14.5. The minimum absolute atomic E-state index is 0.332. The van der Waals surface area contributed by atoms with Gasteiger partial charge in [-0.3, -0.25) is 0 Å². The van der Waals surface area contributed by atoms with Crippen molar-refractivity contribution in [1.82, 2.24) is 9.97 Å². The number of anilines is 2. The molecule has 0 aliphatic carbocycles. The molecule has 0 bridgehead atoms. The number of nitrogens with one attached hydrogen (secondary N) is 1. The Morgan fingerprint density at radius 1 is 1.38 bits per heavy atom. The summed E-state index contributed by atoms with van der Waals surface area (Å²) in [7, 11) is 0. The molecule has 1 aromatic heterocycles. The van der Waals surface area contributed by atoms with E-state index in [1.807, 2.05) is 13.0 Å². The van der Waals surface area contributed by atoms with E-state index in [0.717, 1.165) is 23.9 Å². The summed E-state index contributed by atoms with van der Waals surface area (Å²) in [6.07, 6.45) is 2.34. The molecule has 90 valence electrons. The summed E-state index contributed by atoms with van der Waals surface area (Å²) in [5.41, 5.74) is 6.49. The highest BCUT2D eigenvalue weighted by atomic mass is 15.1. The van der Waals surface area contributed by atoms with Gasteiger partial charge in [0.15, 0.2) is 0 Å². The first-order valence-corrected chi connectivity index (χ1v) is 5.89. The van der Waals surface area contributed by atoms with Gasteiger partial charge < -0.3 is 11.1 Å². The van der Waals surface area contributed by atoms with Crippen LogP contribution in [-0.2, 0) is 0 Å². The van der Waals surface area contributed by atoms with Gasteiger partial charge in [0.05, 0.1) is 0 Å². The van der Waals surface area contributed by atoms with Crippen molar-refractivity contribution in [2.24, 2.45) is 5.92 Å². The second-order valence-corrected chi connectivity index (χ2v) is 4.55. The molecule has 0 amide bonds. The quantitative estimate of drug-likeness (QED) is 0.803. The highest BCUT2D eigenvalue weighted by molar-refractivity contribution is 5.40. The Balaban J connectivity index is 2.58. The molecule has 1 heterocycles. The molecule has 0 aliphatic heterocycles. The van der Waals surface area contributed by atoms with Crippen LogP contribution in [0, 0.1) is 12.8 Å². The van der Waals surface area contributed by atoms with Crippen molar-refractivity contribution < 1.29 is 0 Å². The fourth-order valence-electron chi connectivity index (χ4n) is 1.75. The zero-order valence-electron chi connectivity index (χ0n) is 10.6. The predicted molar refractivity (Wildman–Crippen MR) is 68.3 cm³/mol. The summed E-state index contributed by atoms with van der Waals surface area (Å²) in [5, 5.41) is 3.36. The van der Waals surface area contributed by atoms with Crippen LogP contribution in [0.25, 0.3) is 0 Å². The first-order valence-electron chi connectivity index (χ1n) is 5.89. The van der Waals surface area contributed by atoms with Crippen LogP contribution >= 0.6 is 0 Å². The molecule has 0 aromatic carbocycles. The second kappa shape index (κ2) is 5.68. The van der Waals surface area contributed by atoms with Crippen molar-refractivity contribution >= 4 is 11.8 Å². The van der Waals surface area contributed by atoms with Gasteiger partial charge in [-0.15, -0.1) is 0 Å². The van der Waals surface area contributed by atoms with E-state index in [2.05, 4.69) is 36.1 Å². The Labute approximate surface area is 97.7 Å². The number of nitrogens with zero attached hydrogens (tertiary/aromatic N) is 2. The zero-order chi connectivity index (χ0) is 12.1. The van der Waals surface area contributed by atoms with Crippen LogP contribution in [0.5, 0.6) is 0 Å². The molecule has 2 unspecified atom stereocenters. The smallest absolute Gasteiger partial charge is 0.222 e. The van der Waals surface area contributed by atoms with Crippen LogP contribution in [0.3, 0.4) is 0 Å². The molecule has 0 spiro atoms. The molecular weight excluding hydrogens is 200 g/mol. The van der Waals surface area contributed by atoms with Gasteiger partial charge in [-0.25, -0.2) is 4.98 Å². The van der Waals surface area contributed by atoms with Crippen molar-refractivity contribution in [1.29, 1.82) is 0 Å². The van der Waals surface area contributed by atoms with Gasteiger partial charge in [0, 0.05) is 17.8 Å². The number of nitrogens with two attached hydrogens (primary N) is 1. The molecule has 1 aromatic rings. The molecule has 4 nitrogen and oxygen atoms in total. The van der Waals surface area contributed by atoms with Crippen molar-refractivity contribution in [3.63, 3.8) is 0 Å². The summed E-state index contributed by atoms with van der Waals surface area (Å²) in [6, 6.07) is 2.33. The van der Waals surface area contributed by atoms with Gasteiger partial charge >= 0.3 is 0 Å². The van der Waals surface area contributed by atoms with Gasteiger partial charge in [-0.05, 0) is 26.2 Å². The Hall–Kier alpha value is -1.32. The summed E-state index contributed by atoms with van der Waals surface area (Å²) in [6.45, 7) is 8.56. The Bertz CT molecular complexity index is 318. The van der Waals surface area contributed by atoms with Gasteiger partial charge in [-0.1, -0.05) is 20.3 Å². The zero-order valence-corrected chi connectivity index (χ0v) is 10.6. The molecule has 4 heteroatoms. The summed E-state index contributed by atoms with van der Waals surface area (Å²) in [5.74, 6) is 1.88. The van der Waals surface area contributed by atoms with Crippen LogP contribution in [0.2, 0.25) is 0 Å². The van der Waals surface area contributed by atoms with Gasteiger partial charge in [0.25, 0.3) is 0 Å². The first-order chi connectivity index (χ1) is 7.51. The number of rotatable bonds is 5. The topological polar surface area (TPSA) is 63.8 Å². The van der Waals surface area contributed by atoms with E-state index in [9.17, 15) is 0 Å². The lowest BCUT2D eigenvalue weighted by Gasteiger charge is -2.18. The van der Waals surface area contributed by atoms with Crippen LogP contribution < -0.4 is 11.1 Å². The number of hydrogen-bond donors (Lipinski definition) is 2. The summed E-state index contributed by atoms with van der Waals surface area (Å²) >= 11 is 0. The van der Waals surface area contributed by atoms with Crippen LogP contribution in [0.4, 0.5) is 11.8 Å². The highest BCUT2D eigenvalue weighted by Gasteiger charge is 2.08. The maximum atomic E-state index is 5.60. The molecule has 0 fully saturated rings. The van der Waals surface area contributed by atoms with Crippen molar-refractivity contribution in [2.75, 3.05) is 11.1 Å². The molecule has 2 atom stereocenters. The monoisotopic (exact) mass is 222 g/mol. The number of nitrogen functional groups attached to an aromatic ring is 1. The lowest BCUT2D eigenvalue weighted by atomic mass is 10.0. The maximum absolute atomic E-state index is 5.60. The van der Waals surface area contributed by atoms with Gasteiger partial charge in [-0.2, -0.15) is 4.98 Å². The van der Waals surface area contributed by atoms with Crippen LogP contribution in [0.15, 0.2) is 6.07 Å². The molecular formula is C12H22N4. The third kappa shape index (κ3) is 4.04. The lowest BCUT2D eigenvalue weighted by Crippen LogP contribution is -2.19. The largest absolute Gasteiger partial charge is 0.368 e. The minimum atomic E-state index is 0.332. The van der Waals surface area contributed by atoms with Crippen LogP contribution in [0.1, 0.15) is 39.3 Å². The van der Waals surface area contributed by atoms with Gasteiger partial charge in [0.1, 0.15) is 5.82 Å². The average molecular weight is 222 g/mol. The van der Waals surface area contributed by atoms with Gasteiger partial charge in [0.2, 0.25) is 5.95 Å². The van der Waals surface area contributed by atoms with E-state index in [1.54, 1.807) is 0 Å². The highest BCUT2D eigenvalue weighted by Crippen LogP contribution is 2.14. The summed E-state index contributed by atoms with van der Waals surface area (Å²) in [4.78, 5) is 8.21. The molecule has 0 saturated carbocycles. The lowest BCUT2D eigenvalue weighted by molar-refractivity contribution is 0.483. The second-order valence-electron chi connectivity index (χ2n) is 4.55. The fourth-order valence-corrected chi connectivity index (χ4v) is 1.75. The molecule has 0 saturated heterocycles. The fraction of sp³-hybridized carbons (Fsp3) is 0.667. The third-order valence-corrected chi connectivity index (χ3v) is 2.72. The van der Waals surface area contributed by atoms with E-state index < -0.39 is 0 Å². The standard InChI is InChI=1S/C12H22N4/c1-5-8(2)6-9(3)14-11-7-10(4)15-12(13)16-11/h7-9H,5-6H2,1-4H3,(H3,13,14,15,16). The Morgan fingerprint density at radius 3 is 2.62 bits per heavy atom. The minimum Gasteiger partial charge on any atom is -0.368 e. The van der Waals surface area contributed by atoms with Crippen molar-refractivity contribution in [3.05, 3.63) is 11.8 Å². The van der Waals surface area contributed by atoms with E-state index in [1.165, 1.54) is 6.42 Å². The Kier molecular flexibility index (Phi) is 4.52. The molecule has 0 aliphatic rings. The first kappa shape index (κ1) is 12.7. The van der Waals surface area contributed by atoms with Crippen LogP contribution in [-0.4, -0.2) is 16.0 Å². The number of aryl methyl sites for hydroxylation is 1. The van der Waals surface area contributed by atoms with E-state index in [0.29, 0.717) is 12.0 Å². The number of hydrogen-bond acceptors (Lipinski definition) is 4. The molecule has 0 radical (unpaired) electrons. The Morgan fingerprint density at radius 2 is 2.06 bits per heavy atom. The predicted octanol–water partition coefficient (Wildman–Crippen LogP) is 2.60. The SMILES string of the molecule is CCC(C)CC(C)Nc1cc(C)nc(N)n1.